The van der Waals surface area contributed by atoms with Gasteiger partial charge in [0, 0.05) is 41.6 Å². The van der Waals surface area contributed by atoms with Crippen molar-refractivity contribution in [2.24, 2.45) is 0 Å². The number of pyridine rings is 1. The van der Waals surface area contributed by atoms with Gasteiger partial charge in [0.05, 0.1) is 11.9 Å². The summed E-state index contributed by atoms with van der Waals surface area (Å²) >= 11 is 6.12. The molecule has 5 nitrogen and oxygen atoms in total. The van der Waals surface area contributed by atoms with Crippen molar-refractivity contribution in [3.8, 4) is 0 Å². The Morgan fingerprint density at radius 2 is 1.97 bits per heavy atom. The van der Waals surface area contributed by atoms with Gasteiger partial charge in [-0.25, -0.2) is 4.98 Å². The minimum absolute atomic E-state index is 0.0631. The van der Waals surface area contributed by atoms with Crippen molar-refractivity contribution >= 4 is 17.5 Å². The molecule has 0 spiro atoms. The molecule has 1 fully saturated rings. The normalized spacial score (nSPS) is 16.2. The van der Waals surface area contributed by atoms with Crippen molar-refractivity contribution in [2.45, 2.75) is 32.6 Å². The van der Waals surface area contributed by atoms with E-state index in [0.717, 1.165) is 34.9 Å². The summed E-state index contributed by atoms with van der Waals surface area (Å²) in [6.45, 7) is 5.24. The van der Waals surface area contributed by atoms with Gasteiger partial charge in [0.25, 0.3) is 5.91 Å². The van der Waals surface area contributed by atoms with Gasteiger partial charge >= 0.3 is 0 Å². The summed E-state index contributed by atoms with van der Waals surface area (Å²) in [6.07, 6.45) is 4.90. The average Bonchev–Trinajstić information content (AvgIpc) is 3.18. The molecule has 0 N–H and O–H groups in total. The second kappa shape index (κ2) is 8.29. The lowest BCUT2D eigenvalue weighted by Crippen LogP contribution is -2.29. The molecular weight excluding hydrogens is 384 g/mol. The predicted octanol–water partition coefficient (Wildman–Crippen LogP) is 4.36. The van der Waals surface area contributed by atoms with Crippen LogP contribution in [-0.4, -0.2) is 38.8 Å². The highest BCUT2D eigenvalue weighted by Crippen LogP contribution is 2.28. The molecule has 0 saturated carbocycles. The number of nitrogens with zero attached hydrogens (tertiary/aromatic N) is 4. The highest BCUT2D eigenvalue weighted by atomic mass is 35.5. The summed E-state index contributed by atoms with van der Waals surface area (Å²) in [5, 5.41) is 0.748. The third-order valence-electron chi connectivity index (χ3n) is 5.22. The van der Waals surface area contributed by atoms with E-state index in [0.29, 0.717) is 18.8 Å². The van der Waals surface area contributed by atoms with E-state index >= 15 is 0 Å². The molecular formula is C23H23ClN4O. The Morgan fingerprint density at radius 3 is 2.72 bits per heavy atom. The van der Waals surface area contributed by atoms with E-state index in [1.807, 2.05) is 36.9 Å². The highest BCUT2D eigenvalue weighted by Gasteiger charge is 2.29. The van der Waals surface area contributed by atoms with Gasteiger partial charge in [0.2, 0.25) is 0 Å². The van der Waals surface area contributed by atoms with Crippen LogP contribution in [0, 0.1) is 13.8 Å². The topological polar surface area (TPSA) is 59.0 Å². The van der Waals surface area contributed by atoms with Crippen molar-refractivity contribution in [2.75, 3.05) is 13.1 Å². The smallest absolute Gasteiger partial charge is 0.274 e. The van der Waals surface area contributed by atoms with Crippen LogP contribution in [0.1, 0.15) is 51.0 Å². The van der Waals surface area contributed by atoms with Crippen molar-refractivity contribution in [3.05, 3.63) is 87.7 Å². The lowest BCUT2D eigenvalue weighted by Gasteiger charge is -2.16. The molecule has 0 aliphatic carbocycles. The number of hydrogen-bond acceptors (Lipinski definition) is 4. The summed E-state index contributed by atoms with van der Waals surface area (Å²) in [7, 11) is 0. The zero-order valence-electron chi connectivity index (χ0n) is 16.6. The molecule has 0 unspecified atom stereocenters. The first-order chi connectivity index (χ1) is 14.0. The Morgan fingerprint density at radius 1 is 1.10 bits per heavy atom. The summed E-state index contributed by atoms with van der Waals surface area (Å²) < 4.78 is 0. The van der Waals surface area contributed by atoms with Crippen molar-refractivity contribution in [3.63, 3.8) is 0 Å². The van der Waals surface area contributed by atoms with Gasteiger partial charge in [-0.1, -0.05) is 23.7 Å². The molecule has 1 aliphatic rings. The molecule has 0 bridgehead atoms. The van der Waals surface area contributed by atoms with Gasteiger partial charge in [-0.15, -0.1) is 0 Å². The average molecular weight is 407 g/mol. The minimum Gasteiger partial charge on any atom is -0.337 e. The van der Waals surface area contributed by atoms with Crippen LogP contribution in [0.15, 0.2) is 48.8 Å². The van der Waals surface area contributed by atoms with E-state index in [-0.39, 0.29) is 11.8 Å². The van der Waals surface area contributed by atoms with Crippen molar-refractivity contribution in [1.29, 1.82) is 0 Å². The van der Waals surface area contributed by atoms with Crippen LogP contribution in [0.25, 0.3) is 0 Å². The highest BCUT2D eigenvalue weighted by molar-refractivity contribution is 6.30. The predicted molar refractivity (Wildman–Crippen MR) is 113 cm³/mol. The van der Waals surface area contributed by atoms with Crippen molar-refractivity contribution < 1.29 is 4.79 Å². The Labute approximate surface area is 175 Å². The second-order valence-corrected chi connectivity index (χ2v) is 8.06. The molecule has 1 amide bonds. The first kappa shape index (κ1) is 19.5. The molecule has 0 radical (unpaired) electrons. The maximum atomic E-state index is 12.7. The van der Waals surface area contributed by atoms with E-state index in [2.05, 4.69) is 28.2 Å². The summed E-state index contributed by atoms with van der Waals surface area (Å²) in [4.78, 5) is 27.8. The van der Waals surface area contributed by atoms with E-state index in [4.69, 9.17) is 16.6 Å². The SMILES string of the molecule is Cc1cnc(C(=O)N2CC[C@H](c3cc(Cc4cccc(Cl)c4)cc(C)n3)C2)cn1. The van der Waals surface area contributed by atoms with Gasteiger partial charge in [-0.3, -0.25) is 14.8 Å². The van der Waals surface area contributed by atoms with Crippen LogP contribution in [0.3, 0.4) is 0 Å². The lowest BCUT2D eigenvalue weighted by atomic mass is 9.98. The van der Waals surface area contributed by atoms with E-state index < -0.39 is 0 Å². The quantitative estimate of drug-likeness (QED) is 0.645. The summed E-state index contributed by atoms with van der Waals surface area (Å²) in [5.41, 5.74) is 5.63. The Kier molecular flexibility index (Phi) is 5.58. The van der Waals surface area contributed by atoms with Gasteiger partial charge in [0.1, 0.15) is 5.69 Å². The van der Waals surface area contributed by atoms with Gasteiger partial charge < -0.3 is 4.90 Å². The first-order valence-electron chi connectivity index (χ1n) is 9.78. The van der Waals surface area contributed by atoms with Gasteiger partial charge in [-0.05, 0) is 62.1 Å². The van der Waals surface area contributed by atoms with E-state index in [1.165, 1.54) is 11.1 Å². The first-order valence-corrected chi connectivity index (χ1v) is 10.2. The van der Waals surface area contributed by atoms with Crippen LogP contribution in [0.2, 0.25) is 5.02 Å². The number of rotatable bonds is 4. The van der Waals surface area contributed by atoms with Crippen LogP contribution < -0.4 is 0 Å². The number of carbonyl (C=O) groups excluding carboxylic acids is 1. The lowest BCUT2D eigenvalue weighted by molar-refractivity contribution is 0.0784. The molecule has 1 aliphatic heterocycles. The maximum absolute atomic E-state index is 12.7. The van der Waals surface area contributed by atoms with E-state index in [1.54, 1.807) is 12.4 Å². The Balaban J connectivity index is 1.49. The number of amides is 1. The van der Waals surface area contributed by atoms with Gasteiger partial charge in [-0.2, -0.15) is 0 Å². The van der Waals surface area contributed by atoms with Gasteiger partial charge in [0.15, 0.2) is 0 Å². The van der Waals surface area contributed by atoms with Crippen molar-refractivity contribution in [1.82, 2.24) is 19.9 Å². The fraction of sp³-hybridized carbons (Fsp3) is 0.304. The zero-order valence-corrected chi connectivity index (χ0v) is 17.4. The standard InChI is InChI=1S/C23H23ClN4O/c1-15-8-18(9-17-4-3-5-20(24)10-17)11-21(27-15)19-6-7-28(14-19)23(29)22-13-25-16(2)12-26-22/h3-5,8,10-13,19H,6-7,9,14H2,1-2H3/t19-/m0/s1. The fourth-order valence-corrected chi connectivity index (χ4v) is 4.03. The molecule has 148 valence electrons. The number of aryl methyl sites for hydroxylation is 2. The number of hydrogen-bond donors (Lipinski definition) is 0. The number of halogens is 1. The van der Waals surface area contributed by atoms with Crippen LogP contribution in [0.5, 0.6) is 0 Å². The zero-order chi connectivity index (χ0) is 20.4. The number of benzene rings is 1. The molecule has 2 aromatic heterocycles. The third kappa shape index (κ3) is 4.62. The summed E-state index contributed by atoms with van der Waals surface area (Å²) in [6, 6.07) is 12.2. The molecule has 3 aromatic rings. The monoisotopic (exact) mass is 406 g/mol. The van der Waals surface area contributed by atoms with Crippen LogP contribution >= 0.6 is 11.6 Å². The Hall–Kier alpha value is -2.79. The number of aromatic nitrogens is 3. The fourth-order valence-electron chi connectivity index (χ4n) is 3.81. The molecule has 1 atom stereocenters. The Bertz CT molecular complexity index is 1040. The number of likely N-dealkylation sites (tertiary alicyclic amines) is 1. The number of carbonyl (C=O) groups is 1. The molecule has 6 heteroatoms. The van der Waals surface area contributed by atoms with Crippen LogP contribution in [-0.2, 0) is 6.42 Å². The second-order valence-electron chi connectivity index (χ2n) is 7.63. The molecule has 4 rings (SSSR count). The molecule has 1 saturated heterocycles. The van der Waals surface area contributed by atoms with E-state index in [9.17, 15) is 4.79 Å². The molecule has 3 heterocycles. The maximum Gasteiger partial charge on any atom is 0.274 e. The van der Waals surface area contributed by atoms with Crippen LogP contribution in [0.4, 0.5) is 0 Å². The third-order valence-corrected chi connectivity index (χ3v) is 5.46. The largest absolute Gasteiger partial charge is 0.337 e. The molecule has 29 heavy (non-hydrogen) atoms. The summed E-state index contributed by atoms with van der Waals surface area (Å²) in [5.74, 6) is 0.169. The minimum atomic E-state index is -0.0631. The molecule has 1 aromatic carbocycles.